The molecule has 0 fully saturated rings. The fourth-order valence-corrected chi connectivity index (χ4v) is 4.65. The smallest absolute Gasteiger partial charge is 0.346 e. The van der Waals surface area contributed by atoms with E-state index in [0.29, 0.717) is 21.7 Å². The Morgan fingerprint density at radius 3 is 2.35 bits per heavy atom. The Balaban J connectivity index is 1.54. The number of fused-ring (bicyclic) bond motifs is 1. The second-order valence-corrected chi connectivity index (χ2v) is 8.97. The van der Waals surface area contributed by atoms with Gasteiger partial charge >= 0.3 is 6.18 Å². The van der Waals surface area contributed by atoms with E-state index in [1.54, 1.807) is 31.3 Å². The first-order chi connectivity index (χ1) is 16.1. The van der Waals surface area contributed by atoms with Crippen molar-refractivity contribution in [3.63, 3.8) is 0 Å². The molecule has 0 aliphatic carbocycles. The van der Waals surface area contributed by atoms with Gasteiger partial charge in [0.1, 0.15) is 0 Å². The van der Waals surface area contributed by atoms with Gasteiger partial charge in [-0.05, 0) is 54.5 Å². The summed E-state index contributed by atoms with van der Waals surface area (Å²) in [6.45, 7) is 1.90. The van der Waals surface area contributed by atoms with Crippen LogP contribution in [0.5, 0.6) is 0 Å². The van der Waals surface area contributed by atoms with Crippen LogP contribution in [-0.4, -0.2) is 18.9 Å². The number of carbonyl (C=O) groups is 2. The Morgan fingerprint density at radius 1 is 1.03 bits per heavy atom. The number of anilines is 1. The molecule has 0 saturated heterocycles. The number of carbonyl (C=O) groups excluding carboxylic acids is 2. The minimum atomic E-state index is -4.41. The second-order valence-electron chi connectivity index (χ2n) is 7.88. The summed E-state index contributed by atoms with van der Waals surface area (Å²) in [5.74, 6) is -0.552. The summed E-state index contributed by atoms with van der Waals surface area (Å²) in [5.41, 5.74) is 1.75. The van der Waals surface area contributed by atoms with Gasteiger partial charge in [0.15, 0.2) is 0 Å². The summed E-state index contributed by atoms with van der Waals surface area (Å²) >= 11 is 1.22. The van der Waals surface area contributed by atoms with Crippen molar-refractivity contribution >= 4 is 35.3 Å². The number of benzene rings is 3. The lowest BCUT2D eigenvalue weighted by atomic mass is 10.1. The average molecular weight is 483 g/mol. The van der Waals surface area contributed by atoms with Crippen LogP contribution in [0.4, 0.5) is 18.9 Å². The van der Waals surface area contributed by atoms with E-state index in [9.17, 15) is 22.8 Å². The molecule has 1 atom stereocenters. The van der Waals surface area contributed by atoms with Crippen LogP contribution in [0.25, 0.3) is 6.08 Å². The van der Waals surface area contributed by atoms with Crippen LogP contribution in [0.2, 0.25) is 0 Å². The third-order valence-electron chi connectivity index (χ3n) is 5.50. The monoisotopic (exact) mass is 482 g/mol. The van der Waals surface area contributed by atoms with Crippen LogP contribution in [0.3, 0.4) is 0 Å². The molecule has 34 heavy (non-hydrogen) atoms. The number of alkyl halides is 3. The molecule has 4 nitrogen and oxygen atoms in total. The molecule has 0 radical (unpaired) electrons. The molecule has 1 aliphatic rings. The molecule has 4 rings (SSSR count). The maximum absolute atomic E-state index is 12.9. The van der Waals surface area contributed by atoms with E-state index in [-0.39, 0.29) is 17.9 Å². The predicted molar refractivity (Wildman–Crippen MR) is 127 cm³/mol. The van der Waals surface area contributed by atoms with E-state index in [2.05, 4.69) is 5.32 Å². The van der Waals surface area contributed by atoms with Crippen molar-refractivity contribution in [1.29, 1.82) is 0 Å². The van der Waals surface area contributed by atoms with E-state index in [1.165, 1.54) is 28.8 Å². The molecular formula is C26H21F3N2O2S. The van der Waals surface area contributed by atoms with Crippen LogP contribution in [-0.2, 0) is 11.0 Å². The van der Waals surface area contributed by atoms with Gasteiger partial charge < -0.3 is 10.2 Å². The van der Waals surface area contributed by atoms with Crippen molar-refractivity contribution in [3.8, 4) is 0 Å². The van der Waals surface area contributed by atoms with Crippen LogP contribution in [0.1, 0.15) is 40.0 Å². The molecular weight excluding hydrogens is 461 g/mol. The largest absolute Gasteiger partial charge is 0.416 e. The number of rotatable bonds is 4. The minimum absolute atomic E-state index is 0.184. The third kappa shape index (κ3) is 5.02. The number of hydrogen-bond acceptors (Lipinski definition) is 3. The molecule has 2 amide bonds. The van der Waals surface area contributed by atoms with Crippen molar-refractivity contribution in [2.75, 3.05) is 11.9 Å². The van der Waals surface area contributed by atoms with E-state index in [4.69, 9.17) is 0 Å². The molecule has 8 heteroatoms. The van der Waals surface area contributed by atoms with Gasteiger partial charge in [-0.25, -0.2) is 0 Å². The molecule has 0 bridgehead atoms. The summed E-state index contributed by atoms with van der Waals surface area (Å²) in [5, 5.41) is 2.96. The summed E-state index contributed by atoms with van der Waals surface area (Å²) < 4.78 is 38.4. The standard InChI is InChI=1S/C26H21F3N2O2S/c1-16(18-6-4-3-5-7-18)30-24(32)19-10-13-22-21(15-19)31(2)25(33)23(34-22)14-17-8-11-20(12-9-17)26(27,28)29/h3-16H,1-2H3,(H,30,32). The Bertz CT molecular complexity index is 1260. The second kappa shape index (κ2) is 9.38. The van der Waals surface area contributed by atoms with E-state index < -0.39 is 11.7 Å². The highest BCUT2D eigenvalue weighted by atomic mass is 32.2. The van der Waals surface area contributed by atoms with Crippen LogP contribution < -0.4 is 10.2 Å². The molecule has 1 unspecified atom stereocenters. The zero-order valence-electron chi connectivity index (χ0n) is 18.4. The fraction of sp³-hybridized carbons (Fsp3) is 0.154. The fourth-order valence-electron chi connectivity index (χ4n) is 3.56. The van der Waals surface area contributed by atoms with Gasteiger partial charge in [-0.15, -0.1) is 0 Å². The van der Waals surface area contributed by atoms with Gasteiger partial charge in [0, 0.05) is 17.5 Å². The molecule has 3 aromatic rings. The normalized spacial score (nSPS) is 15.7. The SMILES string of the molecule is CC(NC(=O)c1ccc2c(c1)N(C)C(=O)C(=Cc1ccc(C(F)(F)F)cc1)S2)c1ccccc1. The molecule has 1 heterocycles. The van der Waals surface area contributed by atoms with Gasteiger partial charge in [-0.3, -0.25) is 9.59 Å². The Hall–Kier alpha value is -3.52. The molecule has 1 aliphatic heterocycles. The van der Waals surface area contributed by atoms with Gasteiger partial charge in [0.25, 0.3) is 11.8 Å². The average Bonchev–Trinajstić information content (AvgIpc) is 2.82. The number of nitrogens with one attached hydrogen (secondary N) is 1. The summed E-state index contributed by atoms with van der Waals surface area (Å²) in [7, 11) is 1.61. The minimum Gasteiger partial charge on any atom is -0.346 e. The lowest BCUT2D eigenvalue weighted by Gasteiger charge is -2.27. The van der Waals surface area contributed by atoms with E-state index in [0.717, 1.165) is 22.6 Å². The van der Waals surface area contributed by atoms with Crippen molar-refractivity contribution in [2.24, 2.45) is 0 Å². The topological polar surface area (TPSA) is 49.4 Å². The molecule has 0 saturated carbocycles. The highest BCUT2D eigenvalue weighted by Gasteiger charge is 2.30. The quantitative estimate of drug-likeness (QED) is 0.444. The number of hydrogen-bond donors (Lipinski definition) is 1. The molecule has 3 aromatic carbocycles. The maximum Gasteiger partial charge on any atom is 0.416 e. The predicted octanol–water partition coefficient (Wildman–Crippen LogP) is 6.31. The van der Waals surface area contributed by atoms with E-state index in [1.807, 2.05) is 37.3 Å². The first-order valence-electron chi connectivity index (χ1n) is 10.5. The van der Waals surface area contributed by atoms with Crippen molar-refractivity contribution in [1.82, 2.24) is 5.32 Å². The lowest BCUT2D eigenvalue weighted by Crippen LogP contribution is -2.31. The maximum atomic E-state index is 12.9. The number of likely N-dealkylation sites (N-methyl/N-ethyl adjacent to an activating group) is 1. The summed E-state index contributed by atoms with van der Waals surface area (Å²) in [6.07, 6.45) is -2.85. The Morgan fingerprint density at radius 2 is 1.71 bits per heavy atom. The van der Waals surface area contributed by atoms with Crippen molar-refractivity contribution in [2.45, 2.75) is 24.0 Å². The van der Waals surface area contributed by atoms with Crippen LogP contribution >= 0.6 is 11.8 Å². The zero-order chi connectivity index (χ0) is 24.5. The van der Waals surface area contributed by atoms with Gasteiger partial charge in [0.05, 0.1) is 22.2 Å². The number of thioether (sulfide) groups is 1. The molecule has 174 valence electrons. The molecule has 0 spiro atoms. The first-order valence-corrected chi connectivity index (χ1v) is 11.3. The zero-order valence-corrected chi connectivity index (χ0v) is 19.2. The molecule has 0 aromatic heterocycles. The molecule has 1 N–H and O–H groups in total. The number of nitrogens with zero attached hydrogens (tertiary/aromatic N) is 1. The summed E-state index contributed by atoms with van der Waals surface area (Å²) in [6, 6.07) is 19.2. The highest BCUT2D eigenvalue weighted by Crippen LogP contribution is 2.42. The Kier molecular flexibility index (Phi) is 6.52. The van der Waals surface area contributed by atoms with E-state index >= 15 is 0 Å². The van der Waals surface area contributed by atoms with Gasteiger partial charge in [-0.1, -0.05) is 54.2 Å². The highest BCUT2D eigenvalue weighted by molar-refractivity contribution is 8.04. The first kappa shape index (κ1) is 23.6. The van der Waals surface area contributed by atoms with Crippen molar-refractivity contribution in [3.05, 3.63) is 100.0 Å². The third-order valence-corrected chi connectivity index (χ3v) is 6.58. The van der Waals surface area contributed by atoms with Crippen LogP contribution in [0.15, 0.2) is 82.6 Å². The lowest BCUT2D eigenvalue weighted by molar-refractivity contribution is -0.137. The van der Waals surface area contributed by atoms with Crippen LogP contribution in [0, 0.1) is 0 Å². The number of amides is 2. The summed E-state index contributed by atoms with van der Waals surface area (Å²) in [4.78, 5) is 28.3. The number of halogens is 3. The van der Waals surface area contributed by atoms with Gasteiger partial charge in [0.2, 0.25) is 0 Å². The van der Waals surface area contributed by atoms with Gasteiger partial charge in [-0.2, -0.15) is 13.2 Å². The Labute approximate surface area is 199 Å². The van der Waals surface area contributed by atoms with Crippen molar-refractivity contribution < 1.29 is 22.8 Å².